The van der Waals surface area contributed by atoms with Gasteiger partial charge in [-0.25, -0.2) is 0 Å². The molecule has 0 nitrogen and oxygen atoms in total. The zero-order chi connectivity index (χ0) is 24.0. The third-order valence-corrected chi connectivity index (χ3v) is 13.7. The quantitative estimate of drug-likeness (QED) is 0.158. The van der Waals surface area contributed by atoms with E-state index >= 15 is 0 Å². The Morgan fingerprint density at radius 1 is 0.371 bits per heavy atom. The van der Waals surface area contributed by atoms with Gasteiger partial charge in [-0.05, 0) is 79.4 Å². The van der Waals surface area contributed by atoms with Crippen molar-refractivity contribution in [2.75, 3.05) is 24.6 Å². The molecule has 0 amide bonds. The summed E-state index contributed by atoms with van der Waals surface area (Å²) in [6, 6.07) is 0. The van der Waals surface area contributed by atoms with Crippen molar-refractivity contribution in [3.05, 3.63) is 0 Å². The highest BCUT2D eigenvalue weighted by atomic mass is 31.1. The molecular weight excluding hydrogens is 458 g/mol. The van der Waals surface area contributed by atoms with E-state index in [1.54, 1.807) is 147 Å². The standard InChI is InChI=1S/C33H62P2/c1-5-14-28(15-6-1)32(29-16-7-2-8-17-29)22-26-34-24-13-25-35-27-23-33(30-18-9-3-10-19-30)31-20-11-4-12-21-31/h28-35H,1-27H2. The second-order valence-electron chi connectivity index (χ2n) is 13.4. The van der Waals surface area contributed by atoms with Crippen molar-refractivity contribution in [2.45, 2.75) is 148 Å². The van der Waals surface area contributed by atoms with Crippen molar-refractivity contribution < 1.29 is 0 Å². The van der Waals surface area contributed by atoms with Crippen LogP contribution in [0.1, 0.15) is 148 Å². The van der Waals surface area contributed by atoms with Crippen LogP contribution in [-0.2, 0) is 0 Å². The average molecular weight is 521 g/mol. The maximum atomic E-state index is 1.60. The van der Waals surface area contributed by atoms with Gasteiger partial charge in [0.25, 0.3) is 0 Å². The van der Waals surface area contributed by atoms with Gasteiger partial charge in [0.15, 0.2) is 0 Å². The number of hydrogen-bond donors (Lipinski definition) is 0. The molecular formula is C33H62P2. The molecule has 204 valence electrons. The first-order valence-corrected chi connectivity index (χ1v) is 19.7. The van der Waals surface area contributed by atoms with Crippen molar-refractivity contribution in [2.24, 2.45) is 35.5 Å². The third-order valence-electron chi connectivity index (χ3n) is 11.0. The first kappa shape index (κ1) is 28.9. The Morgan fingerprint density at radius 2 is 0.657 bits per heavy atom. The van der Waals surface area contributed by atoms with Crippen LogP contribution in [0.3, 0.4) is 0 Å². The monoisotopic (exact) mass is 520 g/mol. The van der Waals surface area contributed by atoms with Crippen molar-refractivity contribution >= 4 is 17.2 Å². The fourth-order valence-corrected chi connectivity index (χ4v) is 11.9. The Kier molecular flexibility index (Phi) is 14.4. The van der Waals surface area contributed by atoms with E-state index < -0.39 is 0 Å². The fraction of sp³-hybridized carbons (Fsp3) is 1.00. The summed E-state index contributed by atoms with van der Waals surface area (Å²) in [5.41, 5.74) is 0. The first-order valence-electron chi connectivity index (χ1n) is 16.8. The molecule has 0 aromatic carbocycles. The number of rotatable bonds is 14. The molecule has 0 N–H and O–H groups in total. The summed E-state index contributed by atoms with van der Waals surface area (Å²) < 4.78 is 0. The first-order chi connectivity index (χ1) is 17.4. The molecule has 2 atom stereocenters. The summed E-state index contributed by atoms with van der Waals surface area (Å²) in [6.45, 7) is 0. The van der Waals surface area contributed by atoms with Gasteiger partial charge in [-0.3, -0.25) is 0 Å². The smallest absolute Gasteiger partial charge is 0.0350 e. The molecule has 4 aliphatic rings. The largest absolute Gasteiger partial charge is 0.122 e. The molecule has 2 heteroatoms. The van der Waals surface area contributed by atoms with Crippen LogP contribution in [0.4, 0.5) is 0 Å². The van der Waals surface area contributed by atoms with Crippen LogP contribution in [0.25, 0.3) is 0 Å². The Morgan fingerprint density at radius 3 is 0.943 bits per heavy atom. The number of hydrogen-bond acceptors (Lipinski definition) is 0. The van der Waals surface area contributed by atoms with Crippen LogP contribution < -0.4 is 0 Å². The van der Waals surface area contributed by atoms with Crippen LogP contribution in [0.5, 0.6) is 0 Å². The van der Waals surface area contributed by atoms with Crippen LogP contribution in [0.15, 0.2) is 0 Å². The summed E-state index contributed by atoms with van der Waals surface area (Å²) in [5, 5.41) is 0. The summed E-state index contributed by atoms with van der Waals surface area (Å²) in [4.78, 5) is 0. The summed E-state index contributed by atoms with van der Waals surface area (Å²) in [7, 11) is 2.54. The summed E-state index contributed by atoms with van der Waals surface area (Å²) in [5.74, 6) is 6.67. The van der Waals surface area contributed by atoms with Crippen molar-refractivity contribution in [3.63, 3.8) is 0 Å². The molecule has 4 fully saturated rings. The minimum absolute atomic E-state index is 1.11. The van der Waals surface area contributed by atoms with Crippen LogP contribution in [-0.4, -0.2) is 24.6 Å². The minimum atomic E-state index is 1.11. The third kappa shape index (κ3) is 10.2. The van der Waals surface area contributed by atoms with E-state index in [0.717, 1.165) is 35.5 Å². The lowest BCUT2D eigenvalue weighted by molar-refractivity contribution is 0.140. The molecule has 0 radical (unpaired) electrons. The van der Waals surface area contributed by atoms with Gasteiger partial charge >= 0.3 is 0 Å². The molecule has 0 heterocycles. The fourth-order valence-electron chi connectivity index (χ4n) is 9.09. The molecule has 35 heavy (non-hydrogen) atoms. The highest BCUT2D eigenvalue weighted by Crippen LogP contribution is 2.44. The molecule has 0 aromatic rings. The van der Waals surface area contributed by atoms with Crippen molar-refractivity contribution in [1.82, 2.24) is 0 Å². The Bertz CT molecular complexity index is 427. The van der Waals surface area contributed by atoms with Crippen LogP contribution in [0, 0.1) is 35.5 Å². The summed E-state index contributed by atoms with van der Waals surface area (Å²) in [6.07, 6.45) is 42.1. The lowest BCUT2D eigenvalue weighted by Crippen LogP contribution is -2.27. The van der Waals surface area contributed by atoms with E-state index in [1.807, 2.05) is 0 Å². The predicted molar refractivity (Wildman–Crippen MR) is 163 cm³/mol. The van der Waals surface area contributed by atoms with Crippen LogP contribution in [0.2, 0.25) is 0 Å². The topological polar surface area (TPSA) is 0 Å². The Hall–Kier alpha value is 0.860. The lowest BCUT2D eigenvalue weighted by atomic mass is 9.68. The van der Waals surface area contributed by atoms with Gasteiger partial charge < -0.3 is 0 Å². The van der Waals surface area contributed by atoms with E-state index in [9.17, 15) is 0 Å². The van der Waals surface area contributed by atoms with Gasteiger partial charge in [0.05, 0.1) is 0 Å². The second kappa shape index (κ2) is 17.4. The van der Waals surface area contributed by atoms with Crippen molar-refractivity contribution in [3.8, 4) is 0 Å². The summed E-state index contributed by atoms with van der Waals surface area (Å²) >= 11 is 0. The van der Waals surface area contributed by atoms with E-state index in [1.165, 1.54) is 42.8 Å². The average Bonchev–Trinajstić information content (AvgIpc) is 2.94. The highest BCUT2D eigenvalue weighted by Gasteiger charge is 2.32. The van der Waals surface area contributed by atoms with Gasteiger partial charge in [0.1, 0.15) is 0 Å². The lowest BCUT2D eigenvalue weighted by Gasteiger charge is -2.38. The normalized spacial score (nSPS) is 25.2. The molecule has 0 spiro atoms. The predicted octanol–water partition coefficient (Wildman–Crippen LogP) is 11.1. The molecule has 2 unspecified atom stereocenters. The molecule has 0 saturated heterocycles. The zero-order valence-corrected chi connectivity index (χ0v) is 25.6. The second-order valence-corrected chi connectivity index (χ2v) is 16.4. The zero-order valence-electron chi connectivity index (χ0n) is 23.6. The molecule has 4 saturated carbocycles. The molecule has 0 aliphatic heterocycles. The molecule has 4 aliphatic carbocycles. The highest BCUT2D eigenvalue weighted by molar-refractivity contribution is 7.39. The van der Waals surface area contributed by atoms with Gasteiger partial charge in [0, 0.05) is 0 Å². The Labute approximate surface area is 224 Å². The molecule has 4 rings (SSSR count). The van der Waals surface area contributed by atoms with E-state index in [2.05, 4.69) is 0 Å². The SMILES string of the molecule is C1CCC(C(CCPCCCPCCC(C2CCCCC2)C2CCCCC2)C2CCCCC2)CC1. The maximum Gasteiger partial charge on any atom is -0.0350 e. The van der Waals surface area contributed by atoms with Gasteiger partial charge in [-0.15, -0.1) is 17.2 Å². The van der Waals surface area contributed by atoms with Crippen LogP contribution >= 0.6 is 17.2 Å². The maximum absolute atomic E-state index is 1.60. The van der Waals surface area contributed by atoms with Gasteiger partial charge in [0.2, 0.25) is 0 Å². The van der Waals surface area contributed by atoms with Gasteiger partial charge in [-0.2, -0.15) is 0 Å². The molecule has 0 aromatic heterocycles. The minimum Gasteiger partial charge on any atom is -0.122 e. The van der Waals surface area contributed by atoms with E-state index in [-0.39, 0.29) is 0 Å². The Balaban J connectivity index is 1.08. The van der Waals surface area contributed by atoms with Crippen molar-refractivity contribution in [1.29, 1.82) is 0 Å². The van der Waals surface area contributed by atoms with E-state index in [0.29, 0.717) is 0 Å². The molecule has 0 bridgehead atoms. The van der Waals surface area contributed by atoms with Gasteiger partial charge in [-0.1, -0.05) is 128 Å². The van der Waals surface area contributed by atoms with E-state index in [4.69, 9.17) is 0 Å².